The predicted molar refractivity (Wildman–Crippen MR) is 70.6 cm³/mol. The van der Waals surface area contributed by atoms with Crippen LogP contribution in [-0.2, 0) is 7.05 Å². The van der Waals surface area contributed by atoms with Crippen LogP contribution in [0.2, 0.25) is 0 Å². The summed E-state index contributed by atoms with van der Waals surface area (Å²) in [5.41, 5.74) is 1.09. The van der Waals surface area contributed by atoms with E-state index in [9.17, 15) is 0 Å². The molecule has 0 aliphatic rings. The van der Waals surface area contributed by atoms with Crippen molar-refractivity contribution in [2.24, 2.45) is 7.05 Å². The summed E-state index contributed by atoms with van der Waals surface area (Å²) in [5.74, 6) is 1.65. The topological polar surface area (TPSA) is 39.9 Å². The zero-order chi connectivity index (χ0) is 12.3. The Labute approximate surface area is 108 Å². The summed E-state index contributed by atoms with van der Waals surface area (Å²) >= 11 is 3.23. The highest BCUT2D eigenvalue weighted by Crippen LogP contribution is 2.13. The molecule has 0 N–H and O–H groups in total. The van der Waals surface area contributed by atoms with Gasteiger partial charge in [0.2, 0.25) is 4.73 Å². The van der Waals surface area contributed by atoms with Crippen molar-refractivity contribution in [2.45, 2.75) is 0 Å². The first-order valence-electron chi connectivity index (χ1n) is 5.08. The van der Waals surface area contributed by atoms with Crippen LogP contribution in [0.4, 0.5) is 0 Å². The van der Waals surface area contributed by atoms with Crippen molar-refractivity contribution in [3.8, 4) is 5.75 Å². The van der Waals surface area contributed by atoms with Gasteiger partial charge in [-0.1, -0.05) is 18.2 Å². The third kappa shape index (κ3) is 2.94. The van der Waals surface area contributed by atoms with Gasteiger partial charge in [0.25, 0.3) is 0 Å². The number of hydrogen-bond acceptors (Lipinski definition) is 3. The van der Waals surface area contributed by atoms with E-state index in [-0.39, 0.29) is 0 Å². The van der Waals surface area contributed by atoms with Crippen LogP contribution in [0.3, 0.4) is 0 Å². The Morgan fingerprint density at radius 2 is 1.94 bits per heavy atom. The van der Waals surface area contributed by atoms with Crippen molar-refractivity contribution < 1.29 is 4.74 Å². The van der Waals surface area contributed by atoms with Gasteiger partial charge in [-0.15, -0.1) is 5.10 Å². The number of methoxy groups -OCH3 is 1. The molecule has 0 unspecified atom stereocenters. The Balaban J connectivity index is 2.17. The second kappa shape index (κ2) is 5.14. The molecule has 0 amide bonds. The van der Waals surface area contributed by atoms with Gasteiger partial charge in [0.1, 0.15) is 5.75 Å². The molecule has 0 bridgehead atoms. The van der Waals surface area contributed by atoms with Crippen molar-refractivity contribution in [1.82, 2.24) is 14.8 Å². The average molecular weight is 294 g/mol. The predicted octanol–water partition coefficient (Wildman–Crippen LogP) is 2.76. The maximum atomic E-state index is 5.10. The molecule has 1 heterocycles. The maximum Gasteiger partial charge on any atom is 0.217 e. The molecule has 0 aliphatic heterocycles. The molecule has 1 aromatic carbocycles. The van der Waals surface area contributed by atoms with Crippen molar-refractivity contribution in [3.05, 3.63) is 40.4 Å². The number of halogens is 1. The summed E-state index contributed by atoms with van der Waals surface area (Å²) < 4.78 is 7.40. The van der Waals surface area contributed by atoms with Gasteiger partial charge in [0.05, 0.1) is 7.11 Å². The quantitative estimate of drug-likeness (QED) is 0.874. The number of ether oxygens (including phenoxy) is 1. The maximum absolute atomic E-state index is 5.10. The zero-order valence-corrected chi connectivity index (χ0v) is 11.2. The van der Waals surface area contributed by atoms with Crippen LogP contribution in [0.5, 0.6) is 5.75 Å². The van der Waals surface area contributed by atoms with Gasteiger partial charge < -0.3 is 4.74 Å². The highest BCUT2D eigenvalue weighted by molar-refractivity contribution is 9.10. The van der Waals surface area contributed by atoms with Crippen LogP contribution >= 0.6 is 15.9 Å². The standard InChI is InChI=1S/C12H12BrN3O/c1-16-11(14-12(13)15-16)8-5-9-3-6-10(17-2)7-4-9/h3-8H,1-2H3. The first kappa shape index (κ1) is 11.9. The lowest BCUT2D eigenvalue weighted by atomic mass is 10.2. The molecular formula is C12H12BrN3O. The number of aromatic nitrogens is 3. The van der Waals surface area contributed by atoms with Crippen molar-refractivity contribution in [1.29, 1.82) is 0 Å². The molecule has 1 aromatic heterocycles. The number of benzene rings is 1. The normalized spacial score (nSPS) is 11.0. The Morgan fingerprint density at radius 1 is 1.24 bits per heavy atom. The average Bonchev–Trinajstić information content (AvgIpc) is 2.66. The monoisotopic (exact) mass is 293 g/mol. The smallest absolute Gasteiger partial charge is 0.217 e. The third-order valence-electron chi connectivity index (χ3n) is 2.31. The van der Waals surface area contributed by atoms with E-state index in [1.54, 1.807) is 11.8 Å². The van der Waals surface area contributed by atoms with Gasteiger partial charge in [-0.2, -0.15) is 0 Å². The second-order valence-corrected chi connectivity index (χ2v) is 4.18. The van der Waals surface area contributed by atoms with Crippen molar-refractivity contribution in [2.75, 3.05) is 7.11 Å². The lowest BCUT2D eigenvalue weighted by molar-refractivity contribution is 0.415. The Morgan fingerprint density at radius 3 is 2.47 bits per heavy atom. The molecule has 0 atom stereocenters. The van der Waals surface area contributed by atoms with E-state index in [4.69, 9.17) is 4.74 Å². The molecule has 0 aliphatic carbocycles. The van der Waals surface area contributed by atoms with Gasteiger partial charge in [0.15, 0.2) is 5.82 Å². The molecule has 88 valence electrons. The van der Waals surface area contributed by atoms with Crippen LogP contribution in [0.1, 0.15) is 11.4 Å². The van der Waals surface area contributed by atoms with Crippen LogP contribution in [0, 0.1) is 0 Å². The Kier molecular flexibility index (Phi) is 3.58. The fourth-order valence-corrected chi connectivity index (χ4v) is 1.81. The van der Waals surface area contributed by atoms with Crippen LogP contribution in [0.15, 0.2) is 29.0 Å². The largest absolute Gasteiger partial charge is 0.497 e. The Bertz CT molecular complexity index is 531. The summed E-state index contributed by atoms with van der Waals surface area (Å²) in [5, 5.41) is 4.10. The van der Waals surface area contributed by atoms with E-state index in [1.165, 1.54) is 0 Å². The third-order valence-corrected chi connectivity index (χ3v) is 2.65. The number of nitrogens with zero attached hydrogens (tertiary/aromatic N) is 3. The SMILES string of the molecule is COc1ccc(C=Cc2nc(Br)nn2C)cc1. The summed E-state index contributed by atoms with van der Waals surface area (Å²) in [4.78, 5) is 4.22. The highest BCUT2D eigenvalue weighted by Gasteiger charge is 2.00. The molecule has 0 fully saturated rings. The van der Waals surface area contributed by atoms with Gasteiger partial charge >= 0.3 is 0 Å². The minimum atomic E-state index is 0.592. The lowest BCUT2D eigenvalue weighted by Gasteiger charge is -1.98. The molecule has 0 saturated carbocycles. The van der Waals surface area contributed by atoms with Gasteiger partial charge in [-0.3, -0.25) is 0 Å². The van der Waals surface area contributed by atoms with Crippen molar-refractivity contribution >= 4 is 28.1 Å². The second-order valence-electron chi connectivity index (χ2n) is 3.47. The lowest BCUT2D eigenvalue weighted by Crippen LogP contribution is -1.92. The first-order valence-corrected chi connectivity index (χ1v) is 5.87. The summed E-state index contributed by atoms with van der Waals surface area (Å²) in [6, 6.07) is 7.82. The minimum Gasteiger partial charge on any atom is -0.497 e. The summed E-state index contributed by atoms with van der Waals surface area (Å²) in [6.45, 7) is 0. The molecule has 4 nitrogen and oxygen atoms in total. The Hall–Kier alpha value is -1.62. The number of hydrogen-bond donors (Lipinski definition) is 0. The van der Waals surface area contributed by atoms with E-state index in [1.807, 2.05) is 43.5 Å². The molecule has 17 heavy (non-hydrogen) atoms. The van der Waals surface area contributed by atoms with Crippen LogP contribution < -0.4 is 4.74 Å². The minimum absolute atomic E-state index is 0.592. The van der Waals surface area contributed by atoms with E-state index >= 15 is 0 Å². The number of aryl methyl sites for hydroxylation is 1. The van der Waals surface area contributed by atoms with E-state index in [0.29, 0.717) is 4.73 Å². The van der Waals surface area contributed by atoms with Gasteiger partial charge in [-0.05, 0) is 39.7 Å². The first-order chi connectivity index (χ1) is 8.19. The van der Waals surface area contributed by atoms with Crippen molar-refractivity contribution in [3.63, 3.8) is 0 Å². The summed E-state index contributed by atoms with van der Waals surface area (Å²) in [6.07, 6.45) is 3.90. The number of rotatable bonds is 3. The van der Waals surface area contributed by atoms with E-state index in [2.05, 4.69) is 26.0 Å². The molecule has 5 heteroatoms. The highest BCUT2D eigenvalue weighted by atomic mass is 79.9. The molecule has 2 rings (SSSR count). The summed E-state index contributed by atoms with van der Waals surface area (Å²) in [7, 11) is 3.51. The van der Waals surface area contributed by atoms with E-state index < -0.39 is 0 Å². The zero-order valence-electron chi connectivity index (χ0n) is 9.59. The molecule has 0 radical (unpaired) electrons. The van der Waals surface area contributed by atoms with Crippen LogP contribution in [-0.4, -0.2) is 21.9 Å². The molecule has 0 spiro atoms. The van der Waals surface area contributed by atoms with Crippen LogP contribution in [0.25, 0.3) is 12.2 Å². The molecular weight excluding hydrogens is 282 g/mol. The fraction of sp³-hybridized carbons (Fsp3) is 0.167. The van der Waals surface area contributed by atoms with Gasteiger partial charge in [-0.25, -0.2) is 9.67 Å². The molecule has 0 saturated heterocycles. The fourth-order valence-electron chi connectivity index (χ4n) is 1.40. The van der Waals surface area contributed by atoms with E-state index in [0.717, 1.165) is 17.1 Å². The van der Waals surface area contributed by atoms with Gasteiger partial charge in [0, 0.05) is 7.05 Å². The molecule has 2 aromatic rings.